The molecule has 0 saturated carbocycles. The molecular formula is C28H25ClN4O2. The third-order valence-electron chi connectivity index (χ3n) is 3.51. The Morgan fingerprint density at radius 2 is 1.54 bits per heavy atom. The smallest absolute Gasteiger partial charge is 0.289 e. The number of nitrogens with one attached hydrogen (secondary N) is 2. The summed E-state index contributed by atoms with van der Waals surface area (Å²) in [6, 6.07) is 12.3. The van der Waals surface area contributed by atoms with Crippen LogP contribution in [-0.2, 0) is 11.3 Å². The number of halogens is 1. The lowest BCUT2D eigenvalue weighted by Crippen LogP contribution is -2.26. The Kier molecular flexibility index (Phi) is 17.1. The molecule has 0 fully saturated rings. The van der Waals surface area contributed by atoms with Crippen LogP contribution in [0.4, 0.5) is 0 Å². The third-order valence-corrected chi connectivity index (χ3v) is 3.88. The predicted octanol–water partition coefficient (Wildman–Crippen LogP) is 5.24. The summed E-state index contributed by atoms with van der Waals surface area (Å²) >= 11 is 6.03. The monoisotopic (exact) mass is 484 g/mol. The van der Waals surface area contributed by atoms with E-state index in [2.05, 4.69) is 87.3 Å². The predicted molar refractivity (Wildman–Crippen MR) is 140 cm³/mol. The van der Waals surface area contributed by atoms with Crippen LogP contribution in [0.2, 0.25) is 5.02 Å². The number of hydrogen-bond acceptors (Lipinski definition) is 4. The number of nitrogens with zero attached hydrogens (tertiary/aromatic N) is 2. The lowest BCUT2D eigenvalue weighted by atomic mass is 10.2. The van der Waals surface area contributed by atoms with E-state index in [0.29, 0.717) is 17.3 Å². The number of rotatable bonds is 6. The molecule has 0 aliphatic heterocycles. The van der Waals surface area contributed by atoms with Gasteiger partial charge in [0.25, 0.3) is 5.91 Å². The molecule has 35 heavy (non-hydrogen) atoms. The number of carbonyl (C=O) groups excluding carboxylic acids is 2. The van der Waals surface area contributed by atoms with Crippen molar-refractivity contribution in [2.45, 2.75) is 19.9 Å². The molecular weight excluding hydrogens is 460 g/mol. The highest BCUT2D eigenvalue weighted by molar-refractivity contribution is 6.31. The summed E-state index contributed by atoms with van der Waals surface area (Å²) in [6.07, 6.45) is 1.60. The molecule has 0 atom stereocenters. The van der Waals surface area contributed by atoms with Crippen LogP contribution in [0.25, 0.3) is 0 Å². The molecule has 7 heteroatoms. The van der Waals surface area contributed by atoms with Crippen molar-refractivity contribution < 1.29 is 9.59 Å². The van der Waals surface area contributed by atoms with Crippen LogP contribution in [0.1, 0.15) is 29.4 Å². The number of amides is 2. The number of benzene rings is 1. The zero-order chi connectivity index (χ0) is 26.3. The standard InChI is InChI=1S/C17H17ClN4O2.C6H4.C5H4/c1-12(21-22-17(24)15-8-4-5-9-19-15)10-16(23)20-11-13-6-2-3-7-14(13)18;1-3-5-6-4-2;1-3-5-4-2/h2-9H,10-11H2,1H3,(H,20,23)(H,22,24);1-2H2;1-2H2/b21-12+;;. The van der Waals surface area contributed by atoms with Crippen molar-refractivity contribution in [2.24, 2.45) is 5.10 Å². The summed E-state index contributed by atoms with van der Waals surface area (Å²) in [5.41, 5.74) is 20.6. The van der Waals surface area contributed by atoms with E-state index in [1.165, 1.54) is 6.20 Å². The fourth-order valence-electron chi connectivity index (χ4n) is 2.02. The van der Waals surface area contributed by atoms with Crippen LogP contribution in [0, 0.1) is 0 Å². The SMILES string of the molecule is C/C(CC(=O)NCc1ccccc1Cl)=N\NC(=O)c1ccccn1.C=C=C=C=C.C=C=C=C=C=C. The van der Waals surface area contributed by atoms with Crippen molar-refractivity contribution in [1.29, 1.82) is 0 Å². The molecule has 2 aromatic rings. The van der Waals surface area contributed by atoms with Gasteiger partial charge in [-0.15, -0.1) is 0 Å². The maximum absolute atomic E-state index is 11.9. The van der Waals surface area contributed by atoms with Gasteiger partial charge < -0.3 is 5.32 Å². The van der Waals surface area contributed by atoms with Crippen molar-refractivity contribution in [3.8, 4) is 0 Å². The van der Waals surface area contributed by atoms with Crippen molar-refractivity contribution in [3.05, 3.63) is 131 Å². The summed E-state index contributed by atoms with van der Waals surface area (Å²) in [4.78, 5) is 27.6. The molecule has 2 amide bonds. The Labute approximate surface area is 210 Å². The second-order valence-corrected chi connectivity index (χ2v) is 6.54. The van der Waals surface area contributed by atoms with Gasteiger partial charge in [-0.3, -0.25) is 14.6 Å². The van der Waals surface area contributed by atoms with Gasteiger partial charge in [0.05, 0.1) is 6.42 Å². The molecule has 1 aromatic carbocycles. The quantitative estimate of drug-likeness (QED) is 0.334. The Bertz CT molecular complexity index is 1240. The molecule has 6 nitrogen and oxygen atoms in total. The van der Waals surface area contributed by atoms with E-state index in [-0.39, 0.29) is 18.0 Å². The van der Waals surface area contributed by atoms with Crippen LogP contribution >= 0.6 is 11.6 Å². The highest BCUT2D eigenvalue weighted by Gasteiger charge is 2.07. The zero-order valence-corrected chi connectivity index (χ0v) is 20.2. The molecule has 1 aromatic heterocycles. The molecule has 2 N–H and O–H groups in total. The maximum Gasteiger partial charge on any atom is 0.289 e. The first-order valence-electron chi connectivity index (χ1n) is 9.97. The molecule has 0 saturated heterocycles. The van der Waals surface area contributed by atoms with Crippen LogP contribution in [-0.4, -0.2) is 22.5 Å². The zero-order valence-electron chi connectivity index (χ0n) is 19.5. The molecule has 0 bridgehead atoms. The Balaban J connectivity index is 0.000000877. The van der Waals surface area contributed by atoms with E-state index in [1.54, 1.807) is 31.2 Å². The molecule has 0 spiro atoms. The van der Waals surface area contributed by atoms with E-state index >= 15 is 0 Å². The van der Waals surface area contributed by atoms with E-state index in [9.17, 15) is 9.59 Å². The van der Waals surface area contributed by atoms with E-state index in [1.807, 2.05) is 18.2 Å². The minimum Gasteiger partial charge on any atom is -0.352 e. The summed E-state index contributed by atoms with van der Waals surface area (Å²) in [5.74, 6) is -0.630. The first-order chi connectivity index (χ1) is 16.9. The van der Waals surface area contributed by atoms with Gasteiger partial charge in [-0.05, 0) is 74.2 Å². The molecule has 1 heterocycles. The summed E-state index contributed by atoms with van der Waals surface area (Å²) < 4.78 is 0. The van der Waals surface area contributed by atoms with Gasteiger partial charge in [-0.1, -0.05) is 58.8 Å². The molecule has 0 aliphatic carbocycles. The Morgan fingerprint density at radius 1 is 0.943 bits per heavy atom. The number of pyridine rings is 1. The minimum atomic E-state index is -0.425. The Morgan fingerprint density at radius 3 is 2.06 bits per heavy atom. The molecule has 176 valence electrons. The maximum atomic E-state index is 11.9. The number of hydrazone groups is 1. The molecule has 0 aliphatic rings. The largest absolute Gasteiger partial charge is 0.352 e. The minimum absolute atomic E-state index is 0.0763. The van der Waals surface area contributed by atoms with E-state index in [4.69, 9.17) is 11.6 Å². The molecule has 2 rings (SSSR count). The van der Waals surface area contributed by atoms with Gasteiger partial charge in [-0.25, -0.2) is 5.43 Å². The summed E-state index contributed by atoms with van der Waals surface area (Å²) in [7, 11) is 0. The van der Waals surface area contributed by atoms with Crippen molar-refractivity contribution in [1.82, 2.24) is 15.7 Å². The van der Waals surface area contributed by atoms with E-state index in [0.717, 1.165) is 5.56 Å². The normalized spacial score (nSPS) is 8.57. The average Bonchev–Trinajstić information content (AvgIpc) is 2.87. The van der Waals surface area contributed by atoms with Crippen LogP contribution in [0.15, 0.2) is 120 Å². The highest BCUT2D eigenvalue weighted by atomic mass is 35.5. The van der Waals surface area contributed by atoms with Crippen molar-refractivity contribution in [2.75, 3.05) is 0 Å². The van der Waals surface area contributed by atoms with Crippen LogP contribution in [0.5, 0.6) is 0 Å². The second-order valence-electron chi connectivity index (χ2n) is 6.13. The van der Waals surface area contributed by atoms with Crippen molar-refractivity contribution >= 4 is 29.1 Å². The van der Waals surface area contributed by atoms with Gasteiger partial charge >= 0.3 is 0 Å². The first-order valence-corrected chi connectivity index (χ1v) is 10.3. The second kappa shape index (κ2) is 19.9. The van der Waals surface area contributed by atoms with Crippen molar-refractivity contribution in [3.63, 3.8) is 0 Å². The summed E-state index contributed by atoms with van der Waals surface area (Å²) in [5, 5.41) is 7.27. The fourth-order valence-corrected chi connectivity index (χ4v) is 2.22. The lowest BCUT2D eigenvalue weighted by molar-refractivity contribution is -0.120. The van der Waals surface area contributed by atoms with Gasteiger partial charge in [0.1, 0.15) is 5.69 Å². The van der Waals surface area contributed by atoms with Gasteiger partial charge in [0, 0.05) is 23.5 Å². The average molecular weight is 485 g/mol. The third kappa shape index (κ3) is 15.6. The van der Waals surface area contributed by atoms with Gasteiger partial charge in [-0.2, -0.15) is 5.10 Å². The van der Waals surface area contributed by atoms with Gasteiger partial charge in [0.15, 0.2) is 0 Å². The van der Waals surface area contributed by atoms with E-state index < -0.39 is 5.91 Å². The van der Waals surface area contributed by atoms with Crippen LogP contribution in [0.3, 0.4) is 0 Å². The summed E-state index contributed by atoms with van der Waals surface area (Å²) in [6.45, 7) is 14.9. The Hall–Kier alpha value is -4.79. The number of hydrogen-bond donors (Lipinski definition) is 2. The topological polar surface area (TPSA) is 83.5 Å². The molecule has 0 unspecified atom stereocenters. The number of carbonyl (C=O) groups is 2. The van der Waals surface area contributed by atoms with Gasteiger partial charge in [0.2, 0.25) is 5.91 Å². The lowest BCUT2D eigenvalue weighted by Gasteiger charge is -2.07. The van der Waals surface area contributed by atoms with Crippen LogP contribution < -0.4 is 10.7 Å². The number of aromatic nitrogens is 1. The first kappa shape index (κ1) is 30.2. The molecule has 0 radical (unpaired) electrons. The highest BCUT2D eigenvalue weighted by Crippen LogP contribution is 2.14. The fraction of sp³-hybridized carbons (Fsp3) is 0.107.